The Bertz CT molecular complexity index is 1220. The third kappa shape index (κ3) is 3.80. The van der Waals surface area contributed by atoms with Crippen molar-refractivity contribution in [3.63, 3.8) is 0 Å². The van der Waals surface area contributed by atoms with E-state index in [2.05, 4.69) is 30.6 Å². The van der Waals surface area contributed by atoms with Crippen LogP contribution in [0.5, 0.6) is 0 Å². The fourth-order valence-corrected chi connectivity index (χ4v) is 5.44. The molecule has 0 saturated carbocycles. The Morgan fingerprint density at radius 1 is 1.10 bits per heavy atom. The van der Waals surface area contributed by atoms with Crippen LogP contribution in [0.25, 0.3) is 6.08 Å². The summed E-state index contributed by atoms with van der Waals surface area (Å²) in [6.45, 7) is 6.43. The van der Waals surface area contributed by atoms with Gasteiger partial charge in [0.05, 0.1) is 4.91 Å². The van der Waals surface area contributed by atoms with Crippen molar-refractivity contribution in [2.75, 3.05) is 0 Å². The highest BCUT2D eigenvalue weighted by atomic mass is 32.2. The number of benzene rings is 2. The van der Waals surface area contributed by atoms with E-state index in [1.54, 1.807) is 24.3 Å². The molecule has 1 fully saturated rings. The van der Waals surface area contributed by atoms with E-state index in [9.17, 15) is 13.2 Å². The van der Waals surface area contributed by atoms with Crippen LogP contribution in [-0.2, 0) is 20.2 Å². The van der Waals surface area contributed by atoms with Crippen LogP contribution >= 0.6 is 24.0 Å². The molecule has 30 heavy (non-hydrogen) atoms. The van der Waals surface area contributed by atoms with E-state index in [-0.39, 0.29) is 26.4 Å². The summed E-state index contributed by atoms with van der Waals surface area (Å²) < 4.78 is 28.5. The number of carbonyl (C=O) groups is 1. The average molecular weight is 458 g/mol. The molecule has 2 heterocycles. The van der Waals surface area contributed by atoms with E-state index >= 15 is 0 Å². The average Bonchev–Trinajstić information content (AvgIpc) is 3.09. The third-order valence-corrected chi connectivity index (χ3v) is 7.35. The van der Waals surface area contributed by atoms with Crippen LogP contribution in [0, 0.1) is 0 Å². The molecule has 9 heteroatoms. The molecule has 154 valence electrons. The number of hydrogen-bond donors (Lipinski definition) is 1. The van der Waals surface area contributed by atoms with Crippen LogP contribution in [0.3, 0.4) is 0 Å². The summed E-state index contributed by atoms with van der Waals surface area (Å²) in [7, 11) is -3.79. The maximum absolute atomic E-state index is 12.9. The number of hydrogen-bond acceptors (Lipinski definition) is 6. The van der Waals surface area contributed by atoms with Crippen LogP contribution in [0.2, 0.25) is 0 Å². The Balaban J connectivity index is 1.58. The van der Waals surface area contributed by atoms with Crippen LogP contribution in [-0.4, -0.2) is 29.5 Å². The number of thiocarbonyl (C=S) groups is 1. The predicted octanol–water partition coefficient (Wildman–Crippen LogP) is 3.84. The van der Waals surface area contributed by atoms with E-state index in [0.29, 0.717) is 10.5 Å². The van der Waals surface area contributed by atoms with Gasteiger partial charge in [-0.05, 0) is 47.0 Å². The normalized spacial score (nSPS) is 19.2. The molecule has 0 spiro atoms. The van der Waals surface area contributed by atoms with Crippen molar-refractivity contribution in [1.29, 1.82) is 0 Å². The number of nitrogens with one attached hydrogen (secondary N) is 1. The highest BCUT2D eigenvalue weighted by molar-refractivity contribution is 8.26. The Morgan fingerprint density at radius 2 is 1.77 bits per heavy atom. The molecule has 0 aliphatic carbocycles. The van der Waals surface area contributed by atoms with Gasteiger partial charge in [0, 0.05) is 5.56 Å². The lowest BCUT2D eigenvalue weighted by atomic mass is 9.87. The second-order valence-corrected chi connectivity index (χ2v) is 11.2. The van der Waals surface area contributed by atoms with Gasteiger partial charge in [-0.3, -0.25) is 10.2 Å². The number of hydrazine groups is 1. The van der Waals surface area contributed by atoms with E-state index < -0.39 is 10.0 Å². The minimum atomic E-state index is -3.79. The Labute approximate surface area is 185 Å². The second kappa shape index (κ2) is 7.33. The van der Waals surface area contributed by atoms with Gasteiger partial charge in [0.25, 0.3) is 15.9 Å². The number of thioether (sulfide) groups is 1. The molecule has 0 unspecified atom stereocenters. The molecule has 0 atom stereocenters. The first-order chi connectivity index (χ1) is 14.1. The summed E-state index contributed by atoms with van der Waals surface area (Å²) in [5, 5.41) is 1.16. The van der Waals surface area contributed by atoms with Gasteiger partial charge in [-0.15, -0.1) is 4.40 Å². The lowest BCUT2D eigenvalue weighted by Gasteiger charge is -2.18. The fraction of sp³-hybridized carbons (Fsp3) is 0.190. The van der Waals surface area contributed by atoms with Crippen molar-refractivity contribution < 1.29 is 13.2 Å². The first-order valence-corrected chi connectivity index (χ1v) is 11.8. The zero-order valence-electron chi connectivity index (χ0n) is 16.5. The zero-order chi connectivity index (χ0) is 21.7. The molecule has 0 bridgehead atoms. The molecule has 1 saturated heterocycles. The van der Waals surface area contributed by atoms with Crippen molar-refractivity contribution >= 4 is 56.1 Å². The Morgan fingerprint density at radius 3 is 2.43 bits per heavy atom. The first kappa shape index (κ1) is 20.8. The van der Waals surface area contributed by atoms with Gasteiger partial charge < -0.3 is 0 Å². The van der Waals surface area contributed by atoms with E-state index in [1.807, 2.05) is 24.3 Å². The standard InChI is InChI=1S/C21H19N3O3S3/c1-21(2,3)14-10-8-13(9-11-14)12-16-19(25)24(20(28)29-16)22-18-15-6-4-5-7-17(15)30(26,27)23-18/h4-12H,1-3H3,(H,22,23)/b16-12+. The molecule has 4 rings (SSSR count). The summed E-state index contributed by atoms with van der Waals surface area (Å²) >= 11 is 6.48. The summed E-state index contributed by atoms with van der Waals surface area (Å²) in [6.07, 6.45) is 1.77. The smallest absolute Gasteiger partial charge is 0.272 e. The zero-order valence-corrected chi connectivity index (χ0v) is 19.0. The van der Waals surface area contributed by atoms with Gasteiger partial charge in [0.15, 0.2) is 10.2 Å². The number of amidine groups is 1. The molecular formula is C21H19N3O3S3. The predicted molar refractivity (Wildman–Crippen MR) is 123 cm³/mol. The first-order valence-electron chi connectivity index (χ1n) is 9.16. The number of fused-ring (bicyclic) bond motifs is 1. The maximum atomic E-state index is 12.9. The molecule has 2 aliphatic heterocycles. The van der Waals surface area contributed by atoms with Crippen molar-refractivity contribution in [2.24, 2.45) is 4.40 Å². The van der Waals surface area contributed by atoms with Gasteiger partial charge in [0.1, 0.15) is 4.90 Å². The highest BCUT2D eigenvalue weighted by Gasteiger charge is 2.36. The Kier molecular flexibility index (Phi) is 5.08. The molecular weight excluding hydrogens is 438 g/mol. The van der Waals surface area contributed by atoms with Gasteiger partial charge in [-0.25, -0.2) is 0 Å². The number of amides is 1. The van der Waals surface area contributed by atoms with Crippen molar-refractivity contribution in [3.05, 3.63) is 70.1 Å². The lowest BCUT2D eigenvalue weighted by molar-refractivity contribution is -0.123. The molecule has 2 aromatic carbocycles. The van der Waals surface area contributed by atoms with E-state index in [4.69, 9.17) is 12.2 Å². The molecule has 1 amide bonds. The van der Waals surface area contributed by atoms with Crippen molar-refractivity contribution in [1.82, 2.24) is 10.4 Å². The quantitative estimate of drug-likeness (QED) is 0.545. The molecule has 6 nitrogen and oxygen atoms in total. The number of nitrogens with zero attached hydrogens (tertiary/aromatic N) is 2. The number of sulfonamides is 1. The molecule has 2 aromatic rings. The SMILES string of the molecule is CC(C)(C)c1ccc(/C=C2/SC(=S)N(NC3=NS(=O)(=O)c4ccccc43)C2=O)cc1. The van der Waals surface area contributed by atoms with Crippen LogP contribution in [0.4, 0.5) is 0 Å². The topological polar surface area (TPSA) is 78.8 Å². The summed E-state index contributed by atoms with van der Waals surface area (Å²) in [5.41, 5.74) is 5.33. The third-order valence-electron chi connectivity index (χ3n) is 4.72. The van der Waals surface area contributed by atoms with E-state index in [1.165, 1.54) is 11.6 Å². The highest BCUT2D eigenvalue weighted by Crippen LogP contribution is 2.33. The largest absolute Gasteiger partial charge is 0.285 e. The molecule has 0 aromatic heterocycles. The van der Waals surface area contributed by atoms with Gasteiger partial charge in [-0.1, -0.05) is 68.9 Å². The van der Waals surface area contributed by atoms with Crippen molar-refractivity contribution in [2.45, 2.75) is 31.1 Å². The van der Waals surface area contributed by atoms with Crippen LogP contribution in [0.15, 0.2) is 62.7 Å². The molecule has 1 N–H and O–H groups in total. The van der Waals surface area contributed by atoms with Crippen LogP contribution < -0.4 is 5.43 Å². The minimum absolute atomic E-state index is 0.0461. The molecule has 2 aliphatic rings. The second-order valence-electron chi connectivity index (χ2n) is 7.91. The van der Waals surface area contributed by atoms with Gasteiger partial charge >= 0.3 is 0 Å². The lowest BCUT2D eigenvalue weighted by Crippen LogP contribution is -2.44. The van der Waals surface area contributed by atoms with E-state index in [0.717, 1.165) is 22.3 Å². The summed E-state index contributed by atoms with van der Waals surface area (Å²) in [4.78, 5) is 13.4. The Hall–Kier alpha value is -2.49. The van der Waals surface area contributed by atoms with Gasteiger partial charge in [-0.2, -0.15) is 13.4 Å². The maximum Gasteiger partial charge on any atom is 0.285 e. The molecule has 0 radical (unpaired) electrons. The van der Waals surface area contributed by atoms with Crippen molar-refractivity contribution in [3.8, 4) is 0 Å². The summed E-state index contributed by atoms with van der Waals surface area (Å²) in [6, 6.07) is 14.5. The number of rotatable bonds is 2. The fourth-order valence-electron chi connectivity index (χ4n) is 3.09. The monoisotopic (exact) mass is 457 g/mol. The number of carbonyl (C=O) groups excluding carboxylic acids is 1. The van der Waals surface area contributed by atoms with Gasteiger partial charge in [0.2, 0.25) is 0 Å². The minimum Gasteiger partial charge on any atom is -0.272 e. The summed E-state index contributed by atoms with van der Waals surface area (Å²) in [5.74, 6) is -0.271. The van der Waals surface area contributed by atoms with Crippen LogP contribution in [0.1, 0.15) is 37.5 Å².